The third-order valence-electron chi connectivity index (χ3n) is 6.26. The fourth-order valence-corrected chi connectivity index (χ4v) is 4.74. The Balaban J connectivity index is 1.58. The van der Waals surface area contributed by atoms with E-state index in [4.69, 9.17) is 11.6 Å². The van der Waals surface area contributed by atoms with E-state index in [0.717, 1.165) is 25.1 Å². The number of pyridine rings is 1. The predicted octanol–water partition coefficient (Wildman–Crippen LogP) is 6.08. The molecule has 2 atom stereocenters. The molecule has 2 aromatic heterocycles. The first-order chi connectivity index (χ1) is 16.3. The Bertz CT molecular complexity index is 1140. The number of piperidine rings is 1. The SMILES string of the molecule is C[C@@H]1CCCN(C(=O)c2c(Cl)cccc2-c2ncccn2)[C@@H]1CCc1ccc(C(F)(F)F)cn1. The van der Waals surface area contributed by atoms with Gasteiger partial charge in [0.1, 0.15) is 0 Å². The number of hydrogen-bond acceptors (Lipinski definition) is 4. The second-order valence-corrected chi connectivity index (χ2v) is 8.90. The van der Waals surface area contributed by atoms with E-state index < -0.39 is 11.7 Å². The maximum atomic E-state index is 13.8. The minimum Gasteiger partial charge on any atom is -0.335 e. The number of aromatic nitrogens is 3. The molecule has 1 aliphatic rings. The van der Waals surface area contributed by atoms with Crippen molar-refractivity contribution in [1.82, 2.24) is 19.9 Å². The number of nitrogens with zero attached hydrogens (tertiary/aromatic N) is 4. The highest BCUT2D eigenvalue weighted by Gasteiger charge is 2.34. The molecule has 1 amide bonds. The van der Waals surface area contributed by atoms with E-state index in [1.807, 2.05) is 4.90 Å². The number of carbonyl (C=O) groups excluding carboxylic acids is 1. The molecule has 1 fully saturated rings. The molecule has 3 aromatic rings. The summed E-state index contributed by atoms with van der Waals surface area (Å²) in [5.41, 5.74) is 0.726. The van der Waals surface area contributed by atoms with E-state index in [1.54, 1.807) is 36.7 Å². The van der Waals surface area contributed by atoms with Gasteiger partial charge in [0.05, 0.1) is 16.1 Å². The highest BCUT2D eigenvalue weighted by atomic mass is 35.5. The maximum Gasteiger partial charge on any atom is 0.417 e. The number of rotatable bonds is 5. The Morgan fingerprint density at radius 2 is 1.88 bits per heavy atom. The van der Waals surface area contributed by atoms with E-state index in [2.05, 4.69) is 21.9 Å². The molecule has 0 radical (unpaired) electrons. The number of hydrogen-bond donors (Lipinski definition) is 0. The molecule has 1 aromatic carbocycles. The van der Waals surface area contributed by atoms with Crippen molar-refractivity contribution in [3.05, 3.63) is 76.8 Å². The molecule has 4 rings (SSSR count). The Morgan fingerprint density at radius 1 is 1.12 bits per heavy atom. The van der Waals surface area contributed by atoms with Crippen LogP contribution in [0.5, 0.6) is 0 Å². The number of halogens is 4. The minimum absolute atomic E-state index is 0.0915. The van der Waals surface area contributed by atoms with Gasteiger partial charge in [-0.25, -0.2) is 9.97 Å². The molecular weight excluding hydrogens is 465 g/mol. The first kappa shape index (κ1) is 24.1. The van der Waals surface area contributed by atoms with Crippen molar-refractivity contribution >= 4 is 17.5 Å². The molecule has 1 aliphatic heterocycles. The summed E-state index contributed by atoms with van der Waals surface area (Å²) in [6.07, 6.45) is 2.55. The van der Waals surface area contributed by atoms with Gasteiger partial charge in [-0.1, -0.05) is 30.7 Å². The van der Waals surface area contributed by atoms with E-state index >= 15 is 0 Å². The van der Waals surface area contributed by atoms with Crippen LogP contribution < -0.4 is 0 Å². The molecule has 9 heteroatoms. The van der Waals surface area contributed by atoms with Crippen LogP contribution in [0.3, 0.4) is 0 Å². The largest absolute Gasteiger partial charge is 0.417 e. The molecule has 3 heterocycles. The Kier molecular flexibility index (Phi) is 7.16. The second-order valence-electron chi connectivity index (χ2n) is 8.49. The standard InChI is InChI=1S/C25H24ClF3N4O/c1-16-5-3-14-33(21(16)11-10-18-9-8-17(15-32-18)25(27,28)29)24(34)22-19(6-2-7-20(22)26)23-30-12-4-13-31-23/h2,4,6-9,12-13,15-16,21H,3,5,10-11,14H2,1H3/t16-,21-/m1/s1. The third kappa shape index (κ3) is 5.22. The molecule has 178 valence electrons. The normalized spacial score (nSPS) is 18.7. The van der Waals surface area contributed by atoms with Gasteiger partial charge in [-0.15, -0.1) is 0 Å². The summed E-state index contributed by atoms with van der Waals surface area (Å²) < 4.78 is 38.5. The van der Waals surface area contributed by atoms with Crippen LogP contribution in [0.25, 0.3) is 11.4 Å². The number of likely N-dealkylation sites (tertiary alicyclic amines) is 1. The van der Waals surface area contributed by atoms with Gasteiger partial charge in [0.25, 0.3) is 5.91 Å². The first-order valence-corrected chi connectivity index (χ1v) is 11.5. The van der Waals surface area contributed by atoms with Crippen LogP contribution in [0, 0.1) is 5.92 Å². The van der Waals surface area contributed by atoms with Gasteiger partial charge in [0, 0.05) is 42.4 Å². The Labute approximate surface area is 201 Å². The van der Waals surface area contributed by atoms with Crippen molar-refractivity contribution in [2.75, 3.05) is 6.54 Å². The van der Waals surface area contributed by atoms with Crippen molar-refractivity contribution in [3.63, 3.8) is 0 Å². The van der Waals surface area contributed by atoms with Gasteiger partial charge in [-0.2, -0.15) is 13.2 Å². The summed E-state index contributed by atoms with van der Waals surface area (Å²) in [4.78, 5) is 28.2. The summed E-state index contributed by atoms with van der Waals surface area (Å²) in [6, 6.07) is 9.28. The molecule has 0 bridgehead atoms. The number of amides is 1. The molecule has 0 aliphatic carbocycles. The highest BCUT2D eigenvalue weighted by molar-refractivity contribution is 6.34. The van der Waals surface area contributed by atoms with Gasteiger partial charge in [-0.3, -0.25) is 9.78 Å². The number of carbonyl (C=O) groups is 1. The van der Waals surface area contributed by atoms with E-state index in [9.17, 15) is 18.0 Å². The van der Waals surface area contributed by atoms with Crippen molar-refractivity contribution in [2.24, 2.45) is 5.92 Å². The average Bonchev–Trinajstić information content (AvgIpc) is 2.83. The lowest BCUT2D eigenvalue weighted by Gasteiger charge is -2.40. The van der Waals surface area contributed by atoms with Crippen LogP contribution >= 0.6 is 11.6 Å². The summed E-state index contributed by atoms with van der Waals surface area (Å²) in [5, 5.41) is 0.330. The third-order valence-corrected chi connectivity index (χ3v) is 6.57. The average molecular weight is 489 g/mol. The quantitative estimate of drug-likeness (QED) is 0.436. The van der Waals surface area contributed by atoms with Crippen molar-refractivity contribution in [3.8, 4) is 11.4 Å². The maximum absolute atomic E-state index is 13.8. The smallest absolute Gasteiger partial charge is 0.335 e. The van der Waals surface area contributed by atoms with Crippen LogP contribution in [-0.2, 0) is 12.6 Å². The Morgan fingerprint density at radius 3 is 2.56 bits per heavy atom. The van der Waals surface area contributed by atoms with Crippen molar-refractivity contribution in [1.29, 1.82) is 0 Å². The van der Waals surface area contributed by atoms with Gasteiger partial charge >= 0.3 is 6.18 Å². The fourth-order valence-electron chi connectivity index (χ4n) is 4.49. The van der Waals surface area contributed by atoms with Crippen molar-refractivity contribution in [2.45, 2.75) is 44.8 Å². The zero-order chi connectivity index (χ0) is 24.3. The van der Waals surface area contributed by atoms with E-state index in [1.165, 1.54) is 6.07 Å². The minimum atomic E-state index is -4.41. The predicted molar refractivity (Wildman–Crippen MR) is 123 cm³/mol. The molecule has 0 spiro atoms. The first-order valence-electron chi connectivity index (χ1n) is 11.1. The molecule has 5 nitrogen and oxygen atoms in total. The van der Waals surface area contributed by atoms with Crippen LogP contribution in [0.2, 0.25) is 5.02 Å². The lowest BCUT2D eigenvalue weighted by molar-refractivity contribution is -0.137. The van der Waals surface area contributed by atoms with Gasteiger partial charge < -0.3 is 4.90 Å². The molecule has 1 saturated heterocycles. The van der Waals surface area contributed by atoms with Crippen LogP contribution in [0.1, 0.15) is 47.8 Å². The fraction of sp³-hybridized carbons (Fsp3) is 0.360. The summed E-state index contributed by atoms with van der Waals surface area (Å²) in [7, 11) is 0. The topological polar surface area (TPSA) is 59.0 Å². The monoisotopic (exact) mass is 488 g/mol. The van der Waals surface area contributed by atoms with Crippen LogP contribution in [0.15, 0.2) is 55.0 Å². The molecule has 0 N–H and O–H groups in total. The van der Waals surface area contributed by atoms with E-state index in [0.29, 0.717) is 47.1 Å². The summed E-state index contributed by atoms with van der Waals surface area (Å²) >= 11 is 6.50. The van der Waals surface area contributed by atoms with Gasteiger partial charge in [0.15, 0.2) is 5.82 Å². The zero-order valence-electron chi connectivity index (χ0n) is 18.6. The van der Waals surface area contributed by atoms with Gasteiger partial charge in [-0.05, 0) is 55.9 Å². The molecule has 0 unspecified atom stereocenters. The number of benzene rings is 1. The lowest BCUT2D eigenvalue weighted by atomic mass is 9.86. The van der Waals surface area contributed by atoms with Crippen LogP contribution in [-0.4, -0.2) is 38.3 Å². The highest BCUT2D eigenvalue weighted by Crippen LogP contribution is 2.33. The summed E-state index contributed by atoms with van der Waals surface area (Å²) in [6.45, 7) is 2.67. The van der Waals surface area contributed by atoms with E-state index in [-0.39, 0.29) is 17.9 Å². The molecule has 34 heavy (non-hydrogen) atoms. The summed E-state index contributed by atoms with van der Waals surface area (Å²) in [5.74, 6) is 0.458. The lowest BCUT2D eigenvalue weighted by Crippen LogP contribution is -2.48. The molecule has 0 saturated carbocycles. The number of alkyl halides is 3. The molecular formula is C25H24ClF3N4O. The van der Waals surface area contributed by atoms with Crippen molar-refractivity contribution < 1.29 is 18.0 Å². The second kappa shape index (κ2) is 10.1. The Hall–Kier alpha value is -3.00. The van der Waals surface area contributed by atoms with Gasteiger partial charge in [0.2, 0.25) is 0 Å². The number of aryl methyl sites for hydroxylation is 1. The van der Waals surface area contributed by atoms with Crippen LogP contribution in [0.4, 0.5) is 13.2 Å². The zero-order valence-corrected chi connectivity index (χ0v) is 19.4.